The Labute approximate surface area is 149 Å². The van der Waals surface area contributed by atoms with Crippen molar-refractivity contribution in [3.8, 4) is 34.2 Å². The molecule has 0 bridgehead atoms. The summed E-state index contributed by atoms with van der Waals surface area (Å²) in [6, 6.07) is 17.1. The van der Waals surface area contributed by atoms with Gasteiger partial charge in [-0.15, -0.1) is 0 Å². The second-order valence-corrected chi connectivity index (χ2v) is 5.43. The van der Waals surface area contributed by atoms with Gasteiger partial charge < -0.3 is 10.5 Å². The first-order valence-corrected chi connectivity index (χ1v) is 7.64. The average Bonchev–Trinajstić information content (AvgIpc) is 2.67. The number of rotatable bonds is 4. The minimum absolute atomic E-state index is 0.0136. The highest BCUT2D eigenvalue weighted by Gasteiger charge is 2.16. The van der Waals surface area contributed by atoms with Crippen molar-refractivity contribution in [1.82, 2.24) is 4.98 Å². The van der Waals surface area contributed by atoms with Crippen LogP contribution in [0.3, 0.4) is 0 Å². The van der Waals surface area contributed by atoms with E-state index in [1.54, 1.807) is 31.4 Å². The van der Waals surface area contributed by atoms with E-state index in [9.17, 15) is 15.4 Å². The van der Waals surface area contributed by atoms with Crippen molar-refractivity contribution in [3.63, 3.8) is 0 Å². The zero-order valence-corrected chi connectivity index (χ0v) is 13.8. The maximum Gasteiger partial charge on any atom is 0.269 e. The van der Waals surface area contributed by atoms with Crippen LogP contribution in [0.15, 0.2) is 54.6 Å². The lowest BCUT2D eigenvalue weighted by atomic mass is 9.97. The number of ether oxygens (including phenoxy) is 1. The van der Waals surface area contributed by atoms with Gasteiger partial charge in [-0.2, -0.15) is 5.26 Å². The molecule has 0 radical (unpaired) electrons. The summed E-state index contributed by atoms with van der Waals surface area (Å²) < 4.78 is 5.38. The van der Waals surface area contributed by atoms with Crippen LogP contribution in [-0.4, -0.2) is 17.0 Å². The number of nitrogens with two attached hydrogens (primary N) is 1. The fourth-order valence-electron chi connectivity index (χ4n) is 2.66. The van der Waals surface area contributed by atoms with Crippen LogP contribution in [0.2, 0.25) is 0 Å². The Morgan fingerprint density at radius 1 is 1.15 bits per heavy atom. The molecule has 3 rings (SSSR count). The number of methoxy groups -OCH3 is 1. The van der Waals surface area contributed by atoms with Gasteiger partial charge in [0.15, 0.2) is 0 Å². The fraction of sp³-hybridized carbons (Fsp3) is 0.0526. The molecule has 0 aliphatic heterocycles. The Bertz CT molecular complexity index is 1020. The van der Waals surface area contributed by atoms with Crippen LogP contribution >= 0.6 is 0 Å². The van der Waals surface area contributed by atoms with Gasteiger partial charge in [0, 0.05) is 28.8 Å². The fourth-order valence-corrected chi connectivity index (χ4v) is 2.66. The Morgan fingerprint density at radius 3 is 2.46 bits per heavy atom. The summed E-state index contributed by atoms with van der Waals surface area (Å²) in [4.78, 5) is 14.6. The first kappa shape index (κ1) is 16.9. The molecule has 0 spiro atoms. The highest BCUT2D eigenvalue weighted by atomic mass is 16.6. The number of nitro groups is 1. The van der Waals surface area contributed by atoms with Crippen LogP contribution in [0.4, 0.5) is 11.5 Å². The van der Waals surface area contributed by atoms with Gasteiger partial charge in [0.05, 0.1) is 17.7 Å². The second kappa shape index (κ2) is 6.91. The predicted octanol–water partition coefficient (Wildman–Crippen LogP) is 3.79. The van der Waals surface area contributed by atoms with Gasteiger partial charge in [0.2, 0.25) is 0 Å². The topological polar surface area (TPSA) is 115 Å². The average molecular weight is 346 g/mol. The molecule has 2 N–H and O–H groups in total. The Morgan fingerprint density at radius 2 is 1.85 bits per heavy atom. The van der Waals surface area contributed by atoms with E-state index in [4.69, 9.17) is 10.5 Å². The molecule has 2 aromatic carbocycles. The molecule has 7 nitrogen and oxygen atoms in total. The van der Waals surface area contributed by atoms with E-state index in [1.807, 2.05) is 18.2 Å². The van der Waals surface area contributed by atoms with Gasteiger partial charge in [-0.25, -0.2) is 4.98 Å². The van der Waals surface area contributed by atoms with E-state index in [1.165, 1.54) is 12.1 Å². The molecule has 0 aliphatic carbocycles. The Hall–Kier alpha value is -3.92. The third-order valence-electron chi connectivity index (χ3n) is 3.93. The minimum atomic E-state index is -0.468. The molecule has 7 heteroatoms. The van der Waals surface area contributed by atoms with Crippen molar-refractivity contribution in [1.29, 1.82) is 5.26 Å². The van der Waals surface area contributed by atoms with Crippen molar-refractivity contribution in [2.24, 2.45) is 0 Å². The van der Waals surface area contributed by atoms with Gasteiger partial charge in [0.25, 0.3) is 5.69 Å². The van der Waals surface area contributed by atoms with Gasteiger partial charge >= 0.3 is 0 Å². The number of nitro benzene ring substituents is 1. The SMILES string of the molecule is COc1ccccc1-c1cc(-c2ccc([N+](=O)[O-])cc2)nc(N)c1C#N. The van der Waals surface area contributed by atoms with Crippen molar-refractivity contribution in [2.75, 3.05) is 12.8 Å². The molecule has 0 fully saturated rings. The van der Waals surface area contributed by atoms with Crippen LogP contribution in [0.1, 0.15) is 5.56 Å². The number of nitrogens with zero attached hydrogens (tertiary/aromatic N) is 3. The van der Waals surface area contributed by atoms with Crippen molar-refractivity contribution < 1.29 is 9.66 Å². The highest BCUT2D eigenvalue weighted by Crippen LogP contribution is 2.36. The molecule has 0 amide bonds. The van der Waals surface area contributed by atoms with Crippen molar-refractivity contribution in [2.45, 2.75) is 0 Å². The smallest absolute Gasteiger partial charge is 0.269 e. The van der Waals surface area contributed by atoms with E-state index in [2.05, 4.69) is 11.1 Å². The number of para-hydroxylation sites is 1. The molecule has 0 atom stereocenters. The lowest BCUT2D eigenvalue weighted by Gasteiger charge is -2.13. The summed E-state index contributed by atoms with van der Waals surface area (Å²) in [7, 11) is 1.55. The van der Waals surface area contributed by atoms with Crippen LogP contribution in [0.5, 0.6) is 5.75 Å². The number of non-ortho nitro benzene ring substituents is 1. The van der Waals surface area contributed by atoms with Gasteiger partial charge in [-0.05, 0) is 24.3 Å². The molecule has 0 aliphatic rings. The van der Waals surface area contributed by atoms with Crippen LogP contribution in [-0.2, 0) is 0 Å². The number of hydrogen-bond acceptors (Lipinski definition) is 6. The largest absolute Gasteiger partial charge is 0.496 e. The monoisotopic (exact) mass is 346 g/mol. The first-order valence-electron chi connectivity index (χ1n) is 7.64. The van der Waals surface area contributed by atoms with Crippen molar-refractivity contribution >= 4 is 11.5 Å². The summed E-state index contributed by atoms with van der Waals surface area (Å²) in [6.07, 6.45) is 0. The van der Waals surface area contributed by atoms with Crippen molar-refractivity contribution in [3.05, 3.63) is 70.3 Å². The molecule has 0 unspecified atom stereocenters. The summed E-state index contributed by atoms with van der Waals surface area (Å²) in [5.74, 6) is 0.688. The third-order valence-corrected chi connectivity index (χ3v) is 3.93. The zero-order valence-electron chi connectivity index (χ0n) is 13.8. The summed E-state index contributed by atoms with van der Waals surface area (Å²) >= 11 is 0. The molecule has 128 valence electrons. The molecular weight excluding hydrogens is 332 g/mol. The minimum Gasteiger partial charge on any atom is -0.496 e. The maximum atomic E-state index is 10.8. The number of pyridine rings is 1. The Kier molecular flexibility index (Phi) is 4.50. The molecule has 1 heterocycles. The van der Waals surface area contributed by atoms with E-state index in [-0.39, 0.29) is 17.1 Å². The van der Waals surface area contributed by atoms with Gasteiger partial charge in [-0.1, -0.05) is 18.2 Å². The first-order chi connectivity index (χ1) is 12.5. The second-order valence-electron chi connectivity index (χ2n) is 5.43. The van der Waals surface area contributed by atoms with E-state index in [0.717, 1.165) is 0 Å². The lowest BCUT2D eigenvalue weighted by molar-refractivity contribution is -0.384. The summed E-state index contributed by atoms with van der Waals surface area (Å²) in [6.45, 7) is 0. The lowest BCUT2D eigenvalue weighted by Crippen LogP contribution is -2.00. The third kappa shape index (κ3) is 3.03. The standard InChI is InChI=1S/C19H14N4O3/c1-26-18-5-3-2-4-14(18)15-10-17(22-19(21)16(15)11-20)12-6-8-13(9-7-12)23(24)25/h2-10H,1H3,(H2,21,22). The van der Waals surface area contributed by atoms with Crippen LogP contribution < -0.4 is 10.5 Å². The van der Waals surface area contributed by atoms with Crippen LogP contribution in [0, 0.1) is 21.4 Å². The summed E-state index contributed by atoms with van der Waals surface area (Å²) in [5.41, 5.74) is 8.70. The van der Waals surface area contributed by atoms with Gasteiger partial charge in [-0.3, -0.25) is 10.1 Å². The van der Waals surface area contributed by atoms with Gasteiger partial charge in [0.1, 0.15) is 23.2 Å². The molecule has 0 saturated heterocycles. The maximum absolute atomic E-state index is 10.8. The predicted molar refractivity (Wildman–Crippen MR) is 97.4 cm³/mol. The molecule has 26 heavy (non-hydrogen) atoms. The molecule has 0 saturated carbocycles. The Balaban J connectivity index is 2.19. The molecule has 1 aromatic heterocycles. The highest BCUT2D eigenvalue weighted by molar-refractivity contribution is 5.83. The van der Waals surface area contributed by atoms with Crippen LogP contribution in [0.25, 0.3) is 22.4 Å². The van der Waals surface area contributed by atoms with E-state index < -0.39 is 4.92 Å². The number of benzene rings is 2. The van der Waals surface area contributed by atoms with E-state index >= 15 is 0 Å². The quantitative estimate of drug-likeness (QED) is 0.567. The zero-order chi connectivity index (χ0) is 18.7. The number of nitriles is 1. The number of nitrogen functional groups attached to an aromatic ring is 1. The number of anilines is 1. The van der Waals surface area contributed by atoms with E-state index in [0.29, 0.717) is 28.1 Å². The normalized spacial score (nSPS) is 10.2. The molecule has 3 aromatic rings. The molecular formula is C19H14N4O3. The summed E-state index contributed by atoms with van der Waals surface area (Å²) in [5, 5.41) is 20.3. The number of aromatic nitrogens is 1. The number of hydrogen-bond donors (Lipinski definition) is 1.